The molecule has 0 aliphatic carbocycles. The van der Waals surface area contributed by atoms with Crippen LogP contribution in [0.3, 0.4) is 0 Å². The van der Waals surface area contributed by atoms with Crippen LogP contribution in [0.1, 0.15) is 5.89 Å². The lowest BCUT2D eigenvalue weighted by molar-refractivity contribution is 0.174. The van der Waals surface area contributed by atoms with Crippen LogP contribution in [0.5, 0.6) is 11.5 Å². The van der Waals surface area contributed by atoms with Gasteiger partial charge in [0.1, 0.15) is 0 Å². The van der Waals surface area contributed by atoms with E-state index in [1.807, 2.05) is 0 Å². The predicted molar refractivity (Wildman–Crippen MR) is 50.6 cm³/mol. The first-order valence-electron chi connectivity index (χ1n) is 4.50. The van der Waals surface area contributed by atoms with E-state index in [-0.39, 0.29) is 18.6 Å². The highest BCUT2D eigenvalue weighted by atomic mass is 16.7. The van der Waals surface area contributed by atoms with Crippen LogP contribution in [0, 0.1) is 11.3 Å². The summed E-state index contributed by atoms with van der Waals surface area (Å²) in [4.78, 5) is 0. The maximum atomic E-state index is 8.56. The second kappa shape index (κ2) is 3.24. The van der Waals surface area contributed by atoms with Crippen LogP contribution in [0.4, 0.5) is 0 Å². The second-order valence-electron chi connectivity index (χ2n) is 3.09. The molecule has 16 heavy (non-hydrogen) atoms. The summed E-state index contributed by atoms with van der Waals surface area (Å²) in [5, 5.41) is 15.9. The minimum absolute atomic E-state index is 0.0623. The van der Waals surface area contributed by atoms with Crippen molar-refractivity contribution in [2.24, 2.45) is 0 Å². The van der Waals surface area contributed by atoms with Crippen LogP contribution in [-0.2, 0) is 0 Å². The summed E-state index contributed by atoms with van der Waals surface area (Å²) in [6.45, 7) is 0.214. The molecule has 2 heterocycles. The van der Waals surface area contributed by atoms with Gasteiger partial charge in [0, 0.05) is 5.56 Å². The Morgan fingerprint density at radius 1 is 1.19 bits per heavy atom. The molecule has 1 aromatic carbocycles. The third-order valence-corrected chi connectivity index (χ3v) is 2.14. The largest absolute Gasteiger partial charge is 0.454 e. The Hall–Kier alpha value is -2.55. The molecule has 0 saturated carbocycles. The maximum Gasteiger partial charge on any atom is 0.321 e. The molecule has 3 rings (SSSR count). The average molecular weight is 215 g/mol. The Kier molecular flexibility index (Phi) is 1.77. The molecule has 1 aromatic heterocycles. The number of rotatable bonds is 1. The van der Waals surface area contributed by atoms with Crippen molar-refractivity contribution in [2.75, 3.05) is 6.79 Å². The molecular weight excluding hydrogens is 210 g/mol. The fraction of sp³-hybridized carbons (Fsp3) is 0.100. The summed E-state index contributed by atoms with van der Waals surface area (Å²) in [6, 6.07) is 7.03. The van der Waals surface area contributed by atoms with E-state index in [9.17, 15) is 0 Å². The lowest BCUT2D eigenvalue weighted by Gasteiger charge is -1.97. The molecule has 1 aliphatic rings. The van der Waals surface area contributed by atoms with E-state index in [1.54, 1.807) is 24.3 Å². The number of ether oxygens (including phenoxy) is 2. The first-order chi connectivity index (χ1) is 7.86. The van der Waals surface area contributed by atoms with E-state index in [0.29, 0.717) is 17.1 Å². The smallest absolute Gasteiger partial charge is 0.321 e. The molecule has 0 atom stereocenters. The Labute approximate surface area is 90.0 Å². The molecule has 0 radical (unpaired) electrons. The molecular formula is C10H5N3O3. The van der Waals surface area contributed by atoms with E-state index >= 15 is 0 Å². The Morgan fingerprint density at radius 2 is 2.06 bits per heavy atom. The molecule has 0 unspecified atom stereocenters. The summed E-state index contributed by atoms with van der Waals surface area (Å²) in [5.41, 5.74) is 0.693. The van der Waals surface area contributed by atoms with Crippen molar-refractivity contribution in [3.63, 3.8) is 0 Å². The van der Waals surface area contributed by atoms with Gasteiger partial charge in [0.25, 0.3) is 0 Å². The minimum Gasteiger partial charge on any atom is -0.454 e. The van der Waals surface area contributed by atoms with Crippen LogP contribution in [0.25, 0.3) is 11.5 Å². The Morgan fingerprint density at radius 3 is 2.88 bits per heavy atom. The van der Waals surface area contributed by atoms with Gasteiger partial charge >= 0.3 is 5.89 Å². The number of aromatic nitrogens is 2. The molecule has 0 fully saturated rings. The molecule has 1 aliphatic heterocycles. The topological polar surface area (TPSA) is 81.2 Å². The van der Waals surface area contributed by atoms with E-state index in [0.717, 1.165) is 0 Å². The molecule has 6 nitrogen and oxygen atoms in total. The van der Waals surface area contributed by atoms with Gasteiger partial charge in [-0.15, -0.1) is 5.10 Å². The van der Waals surface area contributed by atoms with Crippen molar-refractivity contribution in [3.05, 3.63) is 24.1 Å². The molecule has 78 valence electrons. The van der Waals surface area contributed by atoms with Gasteiger partial charge in [-0.2, -0.15) is 5.26 Å². The van der Waals surface area contributed by atoms with E-state index < -0.39 is 0 Å². The SMILES string of the molecule is N#Cc1nnc(-c2ccc3c(c2)OCO3)o1. The van der Waals surface area contributed by atoms with Crippen LogP contribution < -0.4 is 9.47 Å². The zero-order valence-corrected chi connectivity index (χ0v) is 8.01. The standard InChI is InChI=1S/C10H5N3O3/c11-4-9-12-13-10(16-9)6-1-2-7-8(3-6)15-5-14-7/h1-3H,5H2. The van der Waals surface area contributed by atoms with Crippen molar-refractivity contribution >= 4 is 0 Å². The highest BCUT2D eigenvalue weighted by Gasteiger charge is 2.16. The fourth-order valence-corrected chi connectivity index (χ4v) is 1.41. The van der Waals surface area contributed by atoms with Crippen molar-refractivity contribution in [1.29, 1.82) is 5.26 Å². The van der Waals surface area contributed by atoms with E-state index in [1.165, 1.54) is 0 Å². The average Bonchev–Trinajstić information content (AvgIpc) is 2.96. The Bertz CT molecular complexity index is 585. The van der Waals surface area contributed by atoms with Crippen LogP contribution in [0.2, 0.25) is 0 Å². The number of benzene rings is 1. The van der Waals surface area contributed by atoms with Crippen LogP contribution in [0.15, 0.2) is 22.6 Å². The summed E-state index contributed by atoms with van der Waals surface area (Å²) in [7, 11) is 0. The number of hydrogen-bond donors (Lipinski definition) is 0. The summed E-state index contributed by atoms with van der Waals surface area (Å²) >= 11 is 0. The van der Waals surface area contributed by atoms with Gasteiger partial charge < -0.3 is 13.9 Å². The third-order valence-electron chi connectivity index (χ3n) is 2.14. The van der Waals surface area contributed by atoms with Crippen molar-refractivity contribution < 1.29 is 13.9 Å². The van der Waals surface area contributed by atoms with Gasteiger partial charge in [0.05, 0.1) is 0 Å². The Balaban J connectivity index is 2.04. The number of nitriles is 1. The summed E-state index contributed by atoms with van der Waals surface area (Å²) < 4.78 is 15.5. The zero-order chi connectivity index (χ0) is 11.0. The monoisotopic (exact) mass is 215 g/mol. The molecule has 2 aromatic rings. The minimum atomic E-state index is -0.0623. The fourth-order valence-electron chi connectivity index (χ4n) is 1.41. The quantitative estimate of drug-likeness (QED) is 0.713. The van der Waals surface area contributed by atoms with Crippen molar-refractivity contribution in [1.82, 2.24) is 10.2 Å². The summed E-state index contributed by atoms with van der Waals surface area (Å²) in [6.07, 6.45) is 0. The van der Waals surface area contributed by atoms with Gasteiger partial charge in [0.15, 0.2) is 17.6 Å². The third kappa shape index (κ3) is 1.26. The van der Waals surface area contributed by atoms with Gasteiger partial charge in [-0.3, -0.25) is 0 Å². The summed E-state index contributed by atoms with van der Waals surface area (Å²) in [5.74, 6) is 1.54. The molecule has 0 amide bonds. The predicted octanol–water partition coefficient (Wildman–Crippen LogP) is 1.34. The van der Waals surface area contributed by atoms with Crippen molar-refractivity contribution in [2.45, 2.75) is 0 Å². The maximum absolute atomic E-state index is 8.56. The molecule has 6 heteroatoms. The number of fused-ring (bicyclic) bond motifs is 1. The molecule has 0 saturated heterocycles. The first kappa shape index (κ1) is 8.73. The molecule has 0 bridgehead atoms. The lowest BCUT2D eigenvalue weighted by atomic mass is 10.2. The highest BCUT2D eigenvalue weighted by molar-refractivity contribution is 5.60. The van der Waals surface area contributed by atoms with Crippen LogP contribution >= 0.6 is 0 Å². The molecule has 0 N–H and O–H groups in total. The first-order valence-corrected chi connectivity index (χ1v) is 4.50. The van der Waals surface area contributed by atoms with Gasteiger partial charge in [-0.25, -0.2) is 0 Å². The van der Waals surface area contributed by atoms with Crippen LogP contribution in [-0.4, -0.2) is 17.0 Å². The number of nitrogens with zero attached hydrogens (tertiary/aromatic N) is 3. The zero-order valence-electron chi connectivity index (χ0n) is 8.01. The normalized spacial score (nSPS) is 12.4. The lowest BCUT2D eigenvalue weighted by Crippen LogP contribution is -1.92. The second-order valence-corrected chi connectivity index (χ2v) is 3.09. The van der Waals surface area contributed by atoms with E-state index in [4.69, 9.17) is 19.2 Å². The molecule has 0 spiro atoms. The van der Waals surface area contributed by atoms with Gasteiger partial charge in [-0.1, -0.05) is 5.10 Å². The number of hydrogen-bond acceptors (Lipinski definition) is 6. The van der Waals surface area contributed by atoms with E-state index in [2.05, 4.69) is 10.2 Å². The van der Waals surface area contributed by atoms with Crippen molar-refractivity contribution in [3.8, 4) is 29.0 Å². The van der Waals surface area contributed by atoms with Gasteiger partial charge in [-0.05, 0) is 18.2 Å². The van der Waals surface area contributed by atoms with Gasteiger partial charge in [0.2, 0.25) is 12.7 Å². The highest BCUT2D eigenvalue weighted by Crippen LogP contribution is 2.35.